The van der Waals surface area contributed by atoms with Crippen molar-refractivity contribution in [1.29, 1.82) is 0 Å². The normalized spacial score (nSPS) is 12.6. The quantitative estimate of drug-likeness (QED) is 0.832. The molecule has 0 aliphatic rings. The summed E-state index contributed by atoms with van der Waals surface area (Å²) in [6.07, 6.45) is -4.44. The molecule has 0 spiro atoms. The third-order valence-electron chi connectivity index (χ3n) is 2.58. The molecular weight excluding hydrogens is 231 g/mol. The number of carbonyl (C=O) groups excluding carboxylic acids is 1. The highest BCUT2D eigenvalue weighted by Crippen LogP contribution is 2.31. The van der Waals surface area contributed by atoms with Gasteiger partial charge in [0.25, 0.3) is 0 Å². The number of hydrogen-bond acceptors (Lipinski definition) is 2. The standard InChI is InChI=1S/C12H14F3NO/c1-11(2,7-16)10(17)8-4-3-5-9(6-8)12(13,14)15/h3-6H,7,16H2,1-2H3. The van der Waals surface area contributed by atoms with Crippen LogP contribution in [-0.2, 0) is 6.18 Å². The molecule has 1 rings (SSSR count). The molecule has 1 aromatic rings. The predicted octanol–water partition coefficient (Wildman–Crippen LogP) is 2.87. The van der Waals surface area contributed by atoms with Gasteiger partial charge in [0.2, 0.25) is 0 Å². The second kappa shape index (κ2) is 4.49. The third kappa shape index (κ3) is 3.06. The first-order valence-electron chi connectivity index (χ1n) is 5.10. The Hall–Kier alpha value is -1.36. The number of benzene rings is 1. The van der Waals surface area contributed by atoms with Crippen molar-refractivity contribution in [2.24, 2.45) is 11.1 Å². The number of ketones is 1. The van der Waals surface area contributed by atoms with E-state index in [1.165, 1.54) is 12.1 Å². The molecule has 0 aliphatic carbocycles. The van der Waals surface area contributed by atoms with Crippen molar-refractivity contribution >= 4 is 5.78 Å². The van der Waals surface area contributed by atoms with Gasteiger partial charge in [-0.05, 0) is 12.1 Å². The summed E-state index contributed by atoms with van der Waals surface area (Å²) >= 11 is 0. The summed E-state index contributed by atoms with van der Waals surface area (Å²) in [6, 6.07) is 4.39. The number of carbonyl (C=O) groups is 1. The van der Waals surface area contributed by atoms with Crippen molar-refractivity contribution in [2.45, 2.75) is 20.0 Å². The van der Waals surface area contributed by atoms with Gasteiger partial charge in [0.15, 0.2) is 5.78 Å². The molecule has 17 heavy (non-hydrogen) atoms. The molecule has 0 saturated carbocycles. The molecule has 0 heterocycles. The van der Waals surface area contributed by atoms with E-state index < -0.39 is 17.2 Å². The Kier molecular flexibility index (Phi) is 3.62. The van der Waals surface area contributed by atoms with Crippen molar-refractivity contribution in [3.63, 3.8) is 0 Å². The fraction of sp³-hybridized carbons (Fsp3) is 0.417. The van der Waals surface area contributed by atoms with E-state index >= 15 is 0 Å². The van der Waals surface area contributed by atoms with E-state index in [9.17, 15) is 18.0 Å². The SMILES string of the molecule is CC(C)(CN)C(=O)c1cccc(C(F)(F)F)c1. The minimum absolute atomic E-state index is 0.0373. The van der Waals surface area contributed by atoms with Crippen LogP contribution in [0.5, 0.6) is 0 Å². The minimum Gasteiger partial charge on any atom is -0.329 e. The molecular formula is C12H14F3NO. The van der Waals surface area contributed by atoms with Gasteiger partial charge in [0, 0.05) is 17.5 Å². The van der Waals surface area contributed by atoms with Crippen LogP contribution >= 0.6 is 0 Å². The van der Waals surface area contributed by atoms with E-state index in [1.807, 2.05) is 0 Å². The lowest BCUT2D eigenvalue weighted by molar-refractivity contribution is -0.137. The molecule has 2 N–H and O–H groups in total. The number of rotatable bonds is 3. The van der Waals surface area contributed by atoms with Crippen LogP contribution in [0.15, 0.2) is 24.3 Å². The Morgan fingerprint density at radius 1 is 1.29 bits per heavy atom. The van der Waals surface area contributed by atoms with Crippen LogP contribution in [0.3, 0.4) is 0 Å². The fourth-order valence-corrected chi connectivity index (χ4v) is 1.32. The average Bonchev–Trinajstić information content (AvgIpc) is 2.27. The predicted molar refractivity (Wildman–Crippen MR) is 58.6 cm³/mol. The molecule has 0 unspecified atom stereocenters. The van der Waals surface area contributed by atoms with Gasteiger partial charge in [-0.2, -0.15) is 13.2 Å². The van der Waals surface area contributed by atoms with Gasteiger partial charge >= 0.3 is 6.18 Å². The molecule has 0 fully saturated rings. The van der Waals surface area contributed by atoms with E-state index in [0.717, 1.165) is 12.1 Å². The molecule has 0 atom stereocenters. The molecule has 0 aromatic heterocycles. The van der Waals surface area contributed by atoms with Crippen LogP contribution in [0.4, 0.5) is 13.2 Å². The molecule has 0 bridgehead atoms. The Morgan fingerprint density at radius 3 is 2.35 bits per heavy atom. The highest BCUT2D eigenvalue weighted by atomic mass is 19.4. The highest BCUT2D eigenvalue weighted by molar-refractivity contribution is 6.00. The van der Waals surface area contributed by atoms with Crippen molar-refractivity contribution in [2.75, 3.05) is 6.54 Å². The average molecular weight is 245 g/mol. The van der Waals surface area contributed by atoms with E-state index in [-0.39, 0.29) is 17.9 Å². The lowest BCUT2D eigenvalue weighted by Gasteiger charge is -2.21. The summed E-state index contributed by atoms with van der Waals surface area (Å²) in [5.41, 5.74) is 3.78. The lowest BCUT2D eigenvalue weighted by atomic mass is 9.84. The molecule has 0 saturated heterocycles. The van der Waals surface area contributed by atoms with E-state index in [2.05, 4.69) is 0 Å². The molecule has 2 nitrogen and oxygen atoms in total. The van der Waals surface area contributed by atoms with Crippen LogP contribution < -0.4 is 5.73 Å². The molecule has 94 valence electrons. The van der Waals surface area contributed by atoms with Gasteiger partial charge in [-0.15, -0.1) is 0 Å². The number of Topliss-reactive ketones (excluding diaryl/α,β-unsaturated/α-hetero) is 1. The molecule has 1 aromatic carbocycles. The van der Waals surface area contributed by atoms with E-state index in [1.54, 1.807) is 13.8 Å². The summed E-state index contributed by atoms with van der Waals surface area (Å²) in [5.74, 6) is -0.383. The smallest absolute Gasteiger partial charge is 0.329 e. The molecule has 0 aliphatic heterocycles. The largest absolute Gasteiger partial charge is 0.416 e. The third-order valence-corrected chi connectivity index (χ3v) is 2.58. The number of alkyl halides is 3. The summed E-state index contributed by atoms with van der Waals surface area (Å²) in [4.78, 5) is 11.9. The van der Waals surface area contributed by atoms with E-state index in [4.69, 9.17) is 5.73 Å². The zero-order valence-corrected chi connectivity index (χ0v) is 9.64. The van der Waals surface area contributed by atoms with Gasteiger partial charge in [0.1, 0.15) is 0 Å². The second-order valence-corrected chi connectivity index (χ2v) is 4.50. The number of halogens is 3. The van der Waals surface area contributed by atoms with Crippen molar-refractivity contribution < 1.29 is 18.0 Å². The summed E-state index contributed by atoms with van der Waals surface area (Å²) < 4.78 is 37.4. The number of hydrogen-bond donors (Lipinski definition) is 1. The van der Waals surface area contributed by atoms with Crippen molar-refractivity contribution in [1.82, 2.24) is 0 Å². The molecule has 5 heteroatoms. The fourth-order valence-electron chi connectivity index (χ4n) is 1.32. The van der Waals surface area contributed by atoms with Gasteiger partial charge in [-0.1, -0.05) is 26.0 Å². The maximum atomic E-state index is 12.5. The Labute approximate surface area is 97.6 Å². The Bertz CT molecular complexity index is 424. The lowest BCUT2D eigenvalue weighted by Crippen LogP contribution is -2.32. The van der Waals surface area contributed by atoms with Gasteiger partial charge in [0.05, 0.1) is 5.56 Å². The van der Waals surface area contributed by atoms with Crippen LogP contribution in [0.2, 0.25) is 0 Å². The maximum absolute atomic E-state index is 12.5. The summed E-state index contributed by atoms with van der Waals surface area (Å²) in [6.45, 7) is 3.30. The van der Waals surface area contributed by atoms with Crippen LogP contribution in [0, 0.1) is 5.41 Å². The first-order valence-corrected chi connectivity index (χ1v) is 5.10. The van der Waals surface area contributed by atoms with Crippen molar-refractivity contribution in [3.8, 4) is 0 Å². The molecule has 0 amide bonds. The van der Waals surface area contributed by atoms with Crippen LogP contribution in [0.25, 0.3) is 0 Å². The van der Waals surface area contributed by atoms with Gasteiger partial charge < -0.3 is 5.73 Å². The zero-order chi connectivity index (χ0) is 13.3. The Balaban J connectivity index is 3.13. The second-order valence-electron chi connectivity index (χ2n) is 4.50. The first kappa shape index (κ1) is 13.7. The summed E-state index contributed by atoms with van der Waals surface area (Å²) in [5, 5.41) is 0. The van der Waals surface area contributed by atoms with Gasteiger partial charge in [-0.3, -0.25) is 4.79 Å². The van der Waals surface area contributed by atoms with Crippen molar-refractivity contribution in [3.05, 3.63) is 35.4 Å². The summed E-state index contributed by atoms with van der Waals surface area (Å²) in [7, 11) is 0. The topological polar surface area (TPSA) is 43.1 Å². The maximum Gasteiger partial charge on any atom is 0.416 e. The number of nitrogens with two attached hydrogens (primary N) is 1. The minimum atomic E-state index is -4.44. The zero-order valence-electron chi connectivity index (χ0n) is 9.64. The Morgan fingerprint density at radius 2 is 1.88 bits per heavy atom. The molecule has 0 radical (unpaired) electrons. The first-order chi connectivity index (χ1) is 7.68. The monoisotopic (exact) mass is 245 g/mol. The van der Waals surface area contributed by atoms with Crippen LogP contribution in [-0.4, -0.2) is 12.3 Å². The van der Waals surface area contributed by atoms with E-state index in [0.29, 0.717) is 0 Å². The van der Waals surface area contributed by atoms with Gasteiger partial charge in [-0.25, -0.2) is 0 Å². The van der Waals surface area contributed by atoms with Crippen LogP contribution in [0.1, 0.15) is 29.8 Å². The highest BCUT2D eigenvalue weighted by Gasteiger charge is 2.33.